The van der Waals surface area contributed by atoms with E-state index in [1.54, 1.807) is 0 Å². The van der Waals surface area contributed by atoms with Crippen molar-refractivity contribution in [3.05, 3.63) is 0 Å². The van der Waals surface area contributed by atoms with Gasteiger partial charge in [0.1, 0.15) is 0 Å². The molecule has 0 aromatic carbocycles. The van der Waals surface area contributed by atoms with Crippen molar-refractivity contribution in [1.29, 1.82) is 0 Å². The van der Waals surface area contributed by atoms with E-state index in [9.17, 15) is 4.79 Å². The predicted molar refractivity (Wildman–Crippen MR) is 54.5 cm³/mol. The highest BCUT2D eigenvalue weighted by Crippen LogP contribution is 2.31. The molecule has 0 aliphatic heterocycles. The molecule has 0 unspecified atom stereocenters. The molecule has 13 heavy (non-hydrogen) atoms. The van der Waals surface area contributed by atoms with E-state index < -0.39 is 5.54 Å². The van der Waals surface area contributed by atoms with Crippen LogP contribution in [0.25, 0.3) is 0 Å². The minimum Gasteiger partial charge on any atom is -0.319 e. The third kappa shape index (κ3) is 2.80. The zero-order valence-corrected chi connectivity index (χ0v) is 8.64. The average molecular weight is 183 g/mol. The maximum Gasteiger partial charge on any atom is 0.152 e. The molecule has 0 aromatic rings. The molecule has 1 aliphatic carbocycles. The second kappa shape index (κ2) is 4.75. The summed E-state index contributed by atoms with van der Waals surface area (Å²) in [6.07, 6.45) is 8.35. The van der Waals surface area contributed by atoms with E-state index in [2.05, 4.69) is 6.92 Å². The topological polar surface area (TPSA) is 43.1 Å². The van der Waals surface area contributed by atoms with Gasteiger partial charge in [-0.25, -0.2) is 0 Å². The van der Waals surface area contributed by atoms with Gasteiger partial charge in [0.25, 0.3) is 0 Å². The van der Waals surface area contributed by atoms with E-state index in [0.717, 1.165) is 25.7 Å². The van der Waals surface area contributed by atoms with Crippen LogP contribution in [-0.4, -0.2) is 11.3 Å². The molecule has 0 heterocycles. The van der Waals surface area contributed by atoms with Crippen LogP contribution in [0.4, 0.5) is 0 Å². The number of Topliss-reactive ketones (excluding diaryl/α,β-unsaturated/α-hetero) is 1. The van der Waals surface area contributed by atoms with Crippen molar-refractivity contribution < 1.29 is 4.79 Å². The van der Waals surface area contributed by atoms with Gasteiger partial charge in [-0.3, -0.25) is 4.79 Å². The Kier molecular flexibility index (Phi) is 3.91. The number of rotatable bonds is 6. The molecular weight excluding hydrogens is 162 g/mol. The van der Waals surface area contributed by atoms with Crippen LogP contribution in [0.5, 0.6) is 0 Å². The third-order valence-electron chi connectivity index (χ3n) is 3.06. The van der Waals surface area contributed by atoms with Gasteiger partial charge in [0.15, 0.2) is 5.78 Å². The quantitative estimate of drug-likeness (QED) is 0.642. The number of unbranched alkanes of at least 4 members (excludes halogenated alkanes) is 3. The Morgan fingerprint density at radius 1 is 1.31 bits per heavy atom. The van der Waals surface area contributed by atoms with Gasteiger partial charge in [-0.1, -0.05) is 26.2 Å². The van der Waals surface area contributed by atoms with E-state index in [1.165, 1.54) is 19.3 Å². The fraction of sp³-hybridized carbons (Fsp3) is 0.909. The minimum atomic E-state index is -0.411. The van der Waals surface area contributed by atoms with E-state index in [-0.39, 0.29) is 0 Å². The maximum atomic E-state index is 11.6. The SMILES string of the molecule is CCCCCCC(=O)C1(N)CCC1. The lowest BCUT2D eigenvalue weighted by Crippen LogP contribution is -2.53. The zero-order valence-electron chi connectivity index (χ0n) is 8.64. The molecule has 0 saturated heterocycles. The lowest BCUT2D eigenvalue weighted by molar-refractivity contribution is -0.127. The summed E-state index contributed by atoms with van der Waals surface area (Å²) in [5.41, 5.74) is 5.50. The average Bonchev–Trinajstić information content (AvgIpc) is 2.08. The van der Waals surface area contributed by atoms with Crippen LogP contribution in [0.15, 0.2) is 0 Å². The van der Waals surface area contributed by atoms with Crippen molar-refractivity contribution in [2.24, 2.45) is 5.73 Å². The van der Waals surface area contributed by atoms with E-state index >= 15 is 0 Å². The molecule has 1 rings (SSSR count). The highest BCUT2D eigenvalue weighted by molar-refractivity contribution is 5.89. The lowest BCUT2D eigenvalue weighted by Gasteiger charge is -2.36. The fourth-order valence-electron chi connectivity index (χ4n) is 1.80. The summed E-state index contributed by atoms with van der Waals surface area (Å²) in [5, 5.41) is 0. The highest BCUT2D eigenvalue weighted by Gasteiger charge is 2.38. The van der Waals surface area contributed by atoms with Gasteiger partial charge in [0.2, 0.25) is 0 Å². The number of carbonyl (C=O) groups excluding carboxylic acids is 1. The standard InChI is InChI=1S/C11H21NO/c1-2-3-4-5-7-10(13)11(12)8-6-9-11/h2-9,12H2,1H3. The molecule has 1 saturated carbocycles. The molecular formula is C11H21NO. The minimum absolute atomic E-state index is 0.301. The molecule has 2 N–H and O–H groups in total. The number of nitrogens with two attached hydrogens (primary N) is 1. The Labute approximate surface area is 80.9 Å². The van der Waals surface area contributed by atoms with Gasteiger partial charge in [-0.15, -0.1) is 0 Å². The molecule has 1 fully saturated rings. The normalized spacial score (nSPS) is 19.5. The monoisotopic (exact) mass is 183 g/mol. The highest BCUT2D eigenvalue weighted by atomic mass is 16.1. The summed E-state index contributed by atoms with van der Waals surface area (Å²) in [6, 6.07) is 0. The molecule has 0 aromatic heterocycles. The third-order valence-corrected chi connectivity index (χ3v) is 3.06. The molecule has 2 heteroatoms. The van der Waals surface area contributed by atoms with Crippen LogP contribution < -0.4 is 5.73 Å². The summed E-state index contributed by atoms with van der Waals surface area (Å²) in [6.45, 7) is 2.18. The molecule has 0 spiro atoms. The van der Waals surface area contributed by atoms with Crippen LogP contribution in [0.2, 0.25) is 0 Å². The number of carbonyl (C=O) groups is 1. The van der Waals surface area contributed by atoms with Crippen LogP contribution in [0, 0.1) is 0 Å². The molecule has 0 atom stereocenters. The van der Waals surface area contributed by atoms with E-state index in [1.807, 2.05) is 0 Å². The van der Waals surface area contributed by atoms with E-state index in [0.29, 0.717) is 12.2 Å². The van der Waals surface area contributed by atoms with Crippen molar-refractivity contribution in [2.75, 3.05) is 0 Å². The zero-order chi connectivity index (χ0) is 9.73. The number of hydrogen-bond donors (Lipinski definition) is 1. The van der Waals surface area contributed by atoms with Crippen molar-refractivity contribution in [3.63, 3.8) is 0 Å². The van der Waals surface area contributed by atoms with Gasteiger partial charge in [0, 0.05) is 6.42 Å². The second-order valence-electron chi connectivity index (χ2n) is 4.24. The molecule has 2 nitrogen and oxygen atoms in total. The van der Waals surface area contributed by atoms with Crippen LogP contribution in [0.3, 0.4) is 0 Å². The van der Waals surface area contributed by atoms with Crippen LogP contribution in [-0.2, 0) is 4.79 Å². The summed E-state index contributed by atoms with van der Waals surface area (Å²) in [7, 11) is 0. The Balaban J connectivity index is 2.10. The summed E-state index contributed by atoms with van der Waals surface area (Å²) < 4.78 is 0. The molecule has 0 bridgehead atoms. The van der Waals surface area contributed by atoms with Crippen molar-refractivity contribution in [1.82, 2.24) is 0 Å². The largest absolute Gasteiger partial charge is 0.319 e. The maximum absolute atomic E-state index is 11.6. The Hall–Kier alpha value is -0.370. The second-order valence-corrected chi connectivity index (χ2v) is 4.24. The number of ketones is 1. The molecule has 0 amide bonds. The molecule has 0 radical (unpaired) electrons. The van der Waals surface area contributed by atoms with Gasteiger partial charge >= 0.3 is 0 Å². The predicted octanol–water partition coefficient (Wildman–Crippen LogP) is 2.41. The number of hydrogen-bond acceptors (Lipinski definition) is 2. The van der Waals surface area contributed by atoms with E-state index in [4.69, 9.17) is 5.73 Å². The first-order valence-corrected chi connectivity index (χ1v) is 5.51. The Morgan fingerprint density at radius 2 is 2.00 bits per heavy atom. The lowest BCUT2D eigenvalue weighted by atomic mass is 9.73. The first-order valence-electron chi connectivity index (χ1n) is 5.51. The molecule has 76 valence electrons. The van der Waals surface area contributed by atoms with Gasteiger partial charge in [-0.2, -0.15) is 0 Å². The van der Waals surface area contributed by atoms with Crippen molar-refractivity contribution >= 4 is 5.78 Å². The van der Waals surface area contributed by atoms with Crippen LogP contribution >= 0.6 is 0 Å². The summed E-state index contributed by atoms with van der Waals surface area (Å²) >= 11 is 0. The van der Waals surface area contributed by atoms with Gasteiger partial charge in [-0.05, 0) is 25.7 Å². The van der Waals surface area contributed by atoms with Crippen LogP contribution in [0.1, 0.15) is 58.3 Å². The van der Waals surface area contributed by atoms with Gasteiger partial charge in [0.05, 0.1) is 5.54 Å². The van der Waals surface area contributed by atoms with Crippen molar-refractivity contribution in [3.8, 4) is 0 Å². The van der Waals surface area contributed by atoms with Crippen molar-refractivity contribution in [2.45, 2.75) is 63.8 Å². The summed E-state index contributed by atoms with van der Waals surface area (Å²) in [4.78, 5) is 11.6. The first kappa shape index (κ1) is 10.7. The Bertz CT molecular complexity index is 173. The van der Waals surface area contributed by atoms with Gasteiger partial charge < -0.3 is 5.73 Å². The molecule has 1 aliphatic rings. The smallest absolute Gasteiger partial charge is 0.152 e. The Morgan fingerprint density at radius 3 is 2.46 bits per heavy atom. The summed E-state index contributed by atoms with van der Waals surface area (Å²) in [5.74, 6) is 0.301. The fourth-order valence-corrected chi connectivity index (χ4v) is 1.80. The first-order chi connectivity index (χ1) is 6.19.